The zero-order chi connectivity index (χ0) is 15.6. The second-order valence-corrected chi connectivity index (χ2v) is 5.78. The van der Waals surface area contributed by atoms with Gasteiger partial charge < -0.3 is 4.74 Å². The Labute approximate surface area is 120 Å². The SMILES string of the molecule is COc1ccc([N+](=O)[O-])cc1S(=O)(=O)Nc1[nH]ncc1C. The summed E-state index contributed by atoms with van der Waals surface area (Å²) in [4.78, 5) is 9.78. The van der Waals surface area contributed by atoms with Crippen molar-refractivity contribution in [3.63, 3.8) is 0 Å². The van der Waals surface area contributed by atoms with Crippen molar-refractivity contribution in [2.24, 2.45) is 0 Å². The Morgan fingerprint density at radius 1 is 1.43 bits per heavy atom. The van der Waals surface area contributed by atoms with Crippen LogP contribution in [-0.4, -0.2) is 30.6 Å². The van der Waals surface area contributed by atoms with E-state index in [1.54, 1.807) is 6.92 Å². The largest absolute Gasteiger partial charge is 0.495 e. The summed E-state index contributed by atoms with van der Waals surface area (Å²) in [5.74, 6) is 0.189. The molecular weight excluding hydrogens is 300 g/mol. The summed E-state index contributed by atoms with van der Waals surface area (Å²) in [5, 5.41) is 17.0. The van der Waals surface area contributed by atoms with E-state index in [1.807, 2.05) is 0 Å². The van der Waals surface area contributed by atoms with Crippen LogP contribution >= 0.6 is 0 Å². The molecule has 1 aromatic heterocycles. The zero-order valence-electron chi connectivity index (χ0n) is 11.2. The number of aromatic nitrogens is 2. The minimum atomic E-state index is -4.06. The second kappa shape index (κ2) is 5.40. The molecule has 9 nitrogen and oxygen atoms in total. The van der Waals surface area contributed by atoms with Gasteiger partial charge in [-0.05, 0) is 13.0 Å². The van der Waals surface area contributed by atoms with Crippen LogP contribution in [0.2, 0.25) is 0 Å². The normalized spacial score (nSPS) is 11.1. The molecular formula is C11H12N4O5S. The maximum Gasteiger partial charge on any atom is 0.271 e. The van der Waals surface area contributed by atoms with Crippen LogP contribution in [-0.2, 0) is 10.0 Å². The van der Waals surface area contributed by atoms with Gasteiger partial charge in [-0.1, -0.05) is 0 Å². The summed E-state index contributed by atoms with van der Waals surface area (Å²) in [6.07, 6.45) is 1.45. The Balaban J connectivity index is 2.50. The third-order valence-corrected chi connectivity index (χ3v) is 4.08. The Hall–Kier alpha value is -2.62. The number of non-ortho nitro benzene ring substituents is 1. The molecule has 0 saturated heterocycles. The molecule has 0 atom stereocenters. The van der Waals surface area contributed by atoms with Crippen LogP contribution in [0.3, 0.4) is 0 Å². The molecule has 0 unspecified atom stereocenters. The molecule has 2 rings (SSSR count). The molecule has 0 spiro atoms. The molecule has 112 valence electrons. The lowest BCUT2D eigenvalue weighted by atomic mass is 10.3. The molecule has 1 aromatic carbocycles. The number of rotatable bonds is 5. The third-order valence-electron chi connectivity index (χ3n) is 2.71. The van der Waals surface area contributed by atoms with Crippen LogP contribution in [0.5, 0.6) is 5.75 Å². The first-order chi connectivity index (χ1) is 9.85. The summed E-state index contributed by atoms with van der Waals surface area (Å²) in [7, 11) is -2.78. The van der Waals surface area contributed by atoms with Gasteiger partial charge >= 0.3 is 0 Å². The molecule has 0 aliphatic heterocycles. The van der Waals surface area contributed by atoms with Crippen molar-refractivity contribution < 1.29 is 18.1 Å². The van der Waals surface area contributed by atoms with Gasteiger partial charge in [0.15, 0.2) is 0 Å². The van der Waals surface area contributed by atoms with E-state index in [9.17, 15) is 18.5 Å². The van der Waals surface area contributed by atoms with Crippen LogP contribution < -0.4 is 9.46 Å². The average molecular weight is 312 g/mol. The Kier molecular flexibility index (Phi) is 3.80. The van der Waals surface area contributed by atoms with Gasteiger partial charge in [-0.2, -0.15) is 5.10 Å². The molecule has 0 saturated carbocycles. The summed E-state index contributed by atoms with van der Waals surface area (Å²) in [6, 6.07) is 3.33. The van der Waals surface area contributed by atoms with Crippen LogP contribution in [0.4, 0.5) is 11.5 Å². The van der Waals surface area contributed by atoms with E-state index in [-0.39, 0.29) is 22.2 Å². The van der Waals surface area contributed by atoms with E-state index < -0.39 is 14.9 Å². The Morgan fingerprint density at radius 2 is 2.14 bits per heavy atom. The number of H-pyrrole nitrogens is 1. The number of anilines is 1. The fourth-order valence-electron chi connectivity index (χ4n) is 1.63. The lowest BCUT2D eigenvalue weighted by Gasteiger charge is -2.10. The molecule has 0 bridgehead atoms. The van der Waals surface area contributed by atoms with Crippen molar-refractivity contribution in [2.45, 2.75) is 11.8 Å². The van der Waals surface area contributed by atoms with Crippen LogP contribution in [0.15, 0.2) is 29.3 Å². The van der Waals surface area contributed by atoms with Crippen LogP contribution in [0.25, 0.3) is 0 Å². The third kappa shape index (κ3) is 2.94. The zero-order valence-corrected chi connectivity index (χ0v) is 12.0. The Morgan fingerprint density at radius 3 is 2.67 bits per heavy atom. The minimum Gasteiger partial charge on any atom is -0.495 e. The number of ether oxygens (including phenoxy) is 1. The van der Waals surface area contributed by atoms with E-state index in [0.29, 0.717) is 5.56 Å². The van der Waals surface area contributed by atoms with Crippen molar-refractivity contribution in [3.05, 3.63) is 40.1 Å². The van der Waals surface area contributed by atoms with E-state index in [4.69, 9.17) is 4.74 Å². The molecule has 0 radical (unpaired) electrons. The fourth-order valence-corrected chi connectivity index (χ4v) is 2.91. The smallest absolute Gasteiger partial charge is 0.271 e. The van der Waals surface area contributed by atoms with E-state index >= 15 is 0 Å². The first kappa shape index (κ1) is 14.8. The molecule has 0 amide bonds. The van der Waals surface area contributed by atoms with Gasteiger partial charge in [0.1, 0.15) is 16.5 Å². The van der Waals surface area contributed by atoms with Crippen molar-refractivity contribution in [1.29, 1.82) is 0 Å². The number of nitro groups is 1. The molecule has 2 aromatic rings. The molecule has 0 aliphatic carbocycles. The molecule has 0 fully saturated rings. The number of benzene rings is 1. The number of nitrogens with zero attached hydrogens (tertiary/aromatic N) is 2. The summed E-state index contributed by atoms with van der Waals surface area (Å²) in [6.45, 7) is 1.66. The average Bonchev–Trinajstić information content (AvgIpc) is 2.82. The van der Waals surface area contributed by atoms with Crippen LogP contribution in [0.1, 0.15) is 5.56 Å². The topological polar surface area (TPSA) is 127 Å². The van der Waals surface area contributed by atoms with Crippen molar-refractivity contribution >= 4 is 21.5 Å². The van der Waals surface area contributed by atoms with Gasteiger partial charge in [0.25, 0.3) is 15.7 Å². The molecule has 2 N–H and O–H groups in total. The first-order valence-electron chi connectivity index (χ1n) is 5.70. The number of methoxy groups -OCH3 is 1. The van der Waals surface area contributed by atoms with E-state index in [0.717, 1.165) is 6.07 Å². The molecule has 21 heavy (non-hydrogen) atoms. The lowest BCUT2D eigenvalue weighted by Crippen LogP contribution is -2.15. The van der Waals surface area contributed by atoms with Crippen molar-refractivity contribution in [1.82, 2.24) is 10.2 Å². The standard InChI is InChI=1S/C11H12N4O5S/c1-7-6-12-13-11(7)14-21(18,19)10-5-8(15(16)17)3-4-9(10)20-2/h3-6H,1-2H3,(H2,12,13,14). The quantitative estimate of drug-likeness (QED) is 0.635. The lowest BCUT2D eigenvalue weighted by molar-refractivity contribution is -0.385. The number of aromatic amines is 1. The highest BCUT2D eigenvalue weighted by Gasteiger charge is 2.24. The molecule has 10 heteroatoms. The number of hydrogen-bond acceptors (Lipinski definition) is 6. The highest BCUT2D eigenvalue weighted by Crippen LogP contribution is 2.29. The van der Waals surface area contributed by atoms with Gasteiger partial charge in [0.05, 0.1) is 18.2 Å². The fraction of sp³-hybridized carbons (Fsp3) is 0.182. The first-order valence-corrected chi connectivity index (χ1v) is 7.18. The predicted octanol–water partition coefficient (Wildman–Crippen LogP) is 1.44. The number of nitro benzene ring substituents is 1. The van der Waals surface area contributed by atoms with E-state index in [1.165, 1.54) is 25.4 Å². The highest BCUT2D eigenvalue weighted by molar-refractivity contribution is 7.92. The number of nitrogens with one attached hydrogen (secondary N) is 2. The molecule has 0 aliphatic rings. The monoisotopic (exact) mass is 312 g/mol. The van der Waals surface area contributed by atoms with Gasteiger partial charge in [-0.25, -0.2) is 8.42 Å². The van der Waals surface area contributed by atoms with Crippen molar-refractivity contribution in [3.8, 4) is 5.75 Å². The molecule has 1 heterocycles. The van der Waals surface area contributed by atoms with Gasteiger partial charge in [0, 0.05) is 17.7 Å². The highest BCUT2D eigenvalue weighted by atomic mass is 32.2. The van der Waals surface area contributed by atoms with Gasteiger partial charge in [0.2, 0.25) is 0 Å². The maximum absolute atomic E-state index is 12.3. The van der Waals surface area contributed by atoms with E-state index in [2.05, 4.69) is 14.9 Å². The second-order valence-electron chi connectivity index (χ2n) is 4.13. The number of hydrogen-bond donors (Lipinski definition) is 2. The Bertz CT molecular complexity index is 784. The van der Waals surface area contributed by atoms with Gasteiger partial charge in [-0.15, -0.1) is 0 Å². The number of aryl methyl sites for hydroxylation is 1. The summed E-state index contributed by atoms with van der Waals surface area (Å²) < 4.78 is 31.9. The van der Waals surface area contributed by atoms with Crippen molar-refractivity contribution in [2.75, 3.05) is 11.8 Å². The van der Waals surface area contributed by atoms with Crippen LogP contribution in [0, 0.1) is 17.0 Å². The van der Waals surface area contributed by atoms with Gasteiger partial charge in [-0.3, -0.25) is 19.9 Å². The maximum atomic E-state index is 12.3. The minimum absolute atomic E-state index is 0.00488. The number of sulfonamides is 1. The summed E-state index contributed by atoms with van der Waals surface area (Å²) in [5.41, 5.74) is 0.237. The summed E-state index contributed by atoms with van der Waals surface area (Å²) >= 11 is 0. The predicted molar refractivity (Wildman–Crippen MR) is 73.8 cm³/mol.